The Morgan fingerprint density at radius 2 is 2.56 bits per heavy atom. The van der Waals surface area contributed by atoms with Gasteiger partial charge in [-0.2, -0.15) is 0 Å². The van der Waals surface area contributed by atoms with Crippen LogP contribution in [-0.4, -0.2) is 13.7 Å². The molecule has 0 aliphatic carbocycles. The molecular weight excluding hydrogens is 182 g/mol. The number of aromatic nitrogens is 1. The van der Waals surface area contributed by atoms with Gasteiger partial charge in [0.25, 0.3) is 0 Å². The summed E-state index contributed by atoms with van der Waals surface area (Å²) in [5.41, 5.74) is 0. The zero-order valence-corrected chi connectivity index (χ0v) is 6.42. The Labute approximate surface area is 63.0 Å². The fraction of sp³-hybridized carbons (Fsp3) is 0. The van der Waals surface area contributed by atoms with Crippen molar-refractivity contribution in [2.24, 2.45) is 0 Å². The van der Waals surface area contributed by atoms with E-state index in [1.54, 1.807) is 0 Å². The van der Waals surface area contributed by atoms with Gasteiger partial charge in [-0.3, -0.25) is 4.21 Å². The second-order valence-electron chi connectivity index (χ2n) is 1.16. The van der Waals surface area contributed by atoms with E-state index in [0.717, 1.165) is 11.3 Å². The number of rotatable bonds is 1. The maximum atomic E-state index is 10.1. The molecule has 3 nitrogen and oxygen atoms in total. The van der Waals surface area contributed by atoms with Crippen molar-refractivity contribution in [2.45, 2.75) is 4.34 Å². The van der Waals surface area contributed by atoms with Crippen LogP contribution < -0.4 is 0 Å². The van der Waals surface area contributed by atoms with Crippen LogP contribution in [0, 0.1) is 0 Å². The van der Waals surface area contributed by atoms with Gasteiger partial charge < -0.3 is 4.55 Å². The molecule has 0 aliphatic heterocycles. The van der Waals surface area contributed by atoms with E-state index in [1.807, 2.05) is 0 Å². The summed E-state index contributed by atoms with van der Waals surface area (Å²) < 4.78 is 20.6. The molecule has 6 heteroatoms. The molecule has 0 fully saturated rings. The smallest absolute Gasteiger partial charge is 0.168 e. The van der Waals surface area contributed by atoms with E-state index in [9.17, 15) is 8.76 Å². The molecule has 0 amide bonds. The van der Waals surface area contributed by atoms with Crippen LogP contribution in [0.2, 0.25) is 4.34 Å². The summed E-state index contributed by atoms with van der Waals surface area (Å²) in [6.45, 7) is 0. The van der Waals surface area contributed by atoms with E-state index >= 15 is 0 Å². The molecule has 0 aliphatic rings. The highest BCUT2D eigenvalue weighted by Gasteiger charge is 1.97. The average Bonchev–Trinajstić information content (AvgIpc) is 2.14. The molecule has 1 rings (SSSR count). The Kier molecular flexibility index (Phi) is 2.18. The van der Waals surface area contributed by atoms with Crippen LogP contribution >= 0.6 is 22.9 Å². The fourth-order valence-electron chi connectivity index (χ4n) is 0.317. The van der Waals surface area contributed by atoms with Gasteiger partial charge in [-0.25, -0.2) is 4.98 Å². The van der Waals surface area contributed by atoms with Gasteiger partial charge in [0.2, 0.25) is 0 Å². The van der Waals surface area contributed by atoms with E-state index in [0.29, 0.717) is 4.34 Å². The van der Waals surface area contributed by atoms with Gasteiger partial charge in [0.1, 0.15) is 4.34 Å². The topological polar surface area (TPSA) is 53.0 Å². The van der Waals surface area contributed by atoms with Crippen molar-refractivity contribution >= 4 is 34.0 Å². The fourth-order valence-corrected chi connectivity index (χ4v) is 1.78. The zero-order valence-electron chi connectivity index (χ0n) is 4.04. The van der Waals surface area contributed by atoms with Crippen LogP contribution in [0.1, 0.15) is 0 Å². The molecule has 0 radical (unpaired) electrons. The summed E-state index contributed by atoms with van der Waals surface area (Å²) in [5, 5.41) is 0. The lowest BCUT2D eigenvalue weighted by atomic mass is 11.0. The Hall–Kier alpha value is 0.0300. The van der Waals surface area contributed by atoms with Crippen molar-refractivity contribution in [3.63, 3.8) is 0 Å². The molecule has 0 aromatic carbocycles. The van der Waals surface area contributed by atoms with E-state index in [1.165, 1.54) is 6.20 Å². The number of hydrogen-bond acceptors (Lipinski definition) is 4. The van der Waals surface area contributed by atoms with Crippen molar-refractivity contribution in [3.05, 3.63) is 10.5 Å². The molecule has 1 aromatic heterocycles. The van der Waals surface area contributed by atoms with Gasteiger partial charge in [0.15, 0.2) is 4.34 Å². The van der Waals surface area contributed by atoms with Crippen molar-refractivity contribution in [1.82, 2.24) is 4.98 Å². The lowest BCUT2D eigenvalue weighted by Crippen LogP contribution is -1.84. The molecule has 0 bridgehead atoms. The van der Waals surface area contributed by atoms with Crippen LogP contribution in [0.4, 0.5) is 0 Å². The van der Waals surface area contributed by atoms with Gasteiger partial charge in [-0.1, -0.05) is 22.9 Å². The second kappa shape index (κ2) is 2.74. The third kappa shape index (κ3) is 1.72. The first kappa shape index (κ1) is 7.14. The normalized spacial score (nSPS) is 13.6. The molecule has 1 unspecified atom stereocenters. The molecule has 0 N–H and O–H groups in total. The van der Waals surface area contributed by atoms with Crippen molar-refractivity contribution in [3.8, 4) is 0 Å². The highest BCUT2D eigenvalue weighted by atomic mass is 35.5. The quantitative estimate of drug-likeness (QED) is 0.610. The number of halogens is 1. The molecule has 1 heterocycles. The third-order valence-electron chi connectivity index (χ3n) is 0.599. The highest BCUT2D eigenvalue weighted by molar-refractivity contribution is 7.81. The maximum absolute atomic E-state index is 10.1. The Bertz CT molecular complexity index is 235. The van der Waals surface area contributed by atoms with Gasteiger partial charge in [-0.05, 0) is 0 Å². The third-order valence-corrected chi connectivity index (χ3v) is 2.56. The van der Waals surface area contributed by atoms with Gasteiger partial charge in [0, 0.05) is 11.1 Å². The van der Waals surface area contributed by atoms with Gasteiger partial charge in [0.05, 0.1) is 6.20 Å². The maximum Gasteiger partial charge on any atom is 0.168 e. The lowest BCUT2D eigenvalue weighted by Gasteiger charge is -1.95. The first-order chi connectivity index (χ1) is 4.20. The molecule has 0 saturated heterocycles. The Morgan fingerprint density at radius 1 is 1.89 bits per heavy atom. The standard InChI is InChI=1S/C3H2ClNO2S2/c4-2-1-5-3(8-2)9(6)7/h1H,(H,6,7)/p-1. The average molecular weight is 183 g/mol. The summed E-state index contributed by atoms with van der Waals surface area (Å²) in [4.78, 5) is 3.49. The Balaban J connectivity index is 2.98. The second-order valence-corrected chi connectivity index (χ2v) is 3.94. The predicted molar refractivity (Wildman–Crippen MR) is 34.3 cm³/mol. The van der Waals surface area contributed by atoms with Crippen LogP contribution in [0.15, 0.2) is 10.5 Å². The summed E-state index contributed by atoms with van der Waals surface area (Å²) >= 11 is 4.09. The highest BCUT2D eigenvalue weighted by Crippen LogP contribution is 2.19. The summed E-state index contributed by atoms with van der Waals surface area (Å²) in [6, 6.07) is 0. The SMILES string of the molecule is O=S([O-])c1ncc(Cl)s1. The van der Waals surface area contributed by atoms with Crippen LogP contribution in [0.3, 0.4) is 0 Å². The molecule has 1 atom stereocenters. The minimum atomic E-state index is -2.24. The van der Waals surface area contributed by atoms with E-state index < -0.39 is 11.1 Å². The van der Waals surface area contributed by atoms with Crippen LogP contribution in [0.25, 0.3) is 0 Å². The number of thiazole rings is 1. The number of nitrogens with zero attached hydrogens (tertiary/aromatic N) is 1. The summed E-state index contributed by atoms with van der Waals surface area (Å²) in [7, 11) is 0. The molecule has 0 spiro atoms. The summed E-state index contributed by atoms with van der Waals surface area (Å²) in [6.07, 6.45) is 1.30. The summed E-state index contributed by atoms with van der Waals surface area (Å²) in [5.74, 6) is 0. The van der Waals surface area contributed by atoms with Crippen LogP contribution in [0.5, 0.6) is 0 Å². The Morgan fingerprint density at radius 3 is 2.78 bits per heavy atom. The first-order valence-electron chi connectivity index (χ1n) is 1.91. The number of hydrogen-bond donors (Lipinski definition) is 0. The van der Waals surface area contributed by atoms with Gasteiger partial charge >= 0.3 is 0 Å². The zero-order chi connectivity index (χ0) is 6.85. The minimum absolute atomic E-state index is 0.0278. The van der Waals surface area contributed by atoms with Crippen molar-refractivity contribution < 1.29 is 8.76 Å². The van der Waals surface area contributed by atoms with Crippen molar-refractivity contribution in [2.75, 3.05) is 0 Å². The van der Waals surface area contributed by atoms with Gasteiger partial charge in [-0.15, -0.1) is 0 Å². The van der Waals surface area contributed by atoms with Crippen LogP contribution in [-0.2, 0) is 11.1 Å². The predicted octanol–water partition coefficient (Wildman–Crippen LogP) is 1.03. The van der Waals surface area contributed by atoms with E-state index in [2.05, 4.69) is 4.98 Å². The lowest BCUT2D eigenvalue weighted by molar-refractivity contribution is 0.536. The molecule has 50 valence electrons. The molecule has 1 aromatic rings. The van der Waals surface area contributed by atoms with E-state index in [-0.39, 0.29) is 4.34 Å². The monoisotopic (exact) mass is 182 g/mol. The molecule has 0 saturated carbocycles. The van der Waals surface area contributed by atoms with E-state index in [4.69, 9.17) is 11.6 Å². The molecular formula is C3HClNO2S2-. The first-order valence-corrected chi connectivity index (χ1v) is 4.17. The van der Waals surface area contributed by atoms with Crippen molar-refractivity contribution in [1.29, 1.82) is 0 Å². The minimum Gasteiger partial charge on any atom is -0.767 e. The molecule has 9 heavy (non-hydrogen) atoms. The largest absolute Gasteiger partial charge is 0.767 e.